The van der Waals surface area contributed by atoms with Crippen LogP contribution in [0, 0.1) is 6.92 Å². The van der Waals surface area contributed by atoms with Gasteiger partial charge in [-0.05, 0) is 24.6 Å². The number of amides is 1. The lowest BCUT2D eigenvalue weighted by atomic mass is 10.1. The van der Waals surface area contributed by atoms with Crippen LogP contribution in [0.5, 0.6) is 0 Å². The highest BCUT2D eigenvalue weighted by atomic mass is 79.9. The van der Waals surface area contributed by atoms with Gasteiger partial charge in [0.15, 0.2) is 0 Å². The minimum atomic E-state index is -0.343. The van der Waals surface area contributed by atoms with Crippen LogP contribution in [0.15, 0.2) is 27.5 Å². The van der Waals surface area contributed by atoms with Crippen molar-refractivity contribution >= 4 is 21.8 Å². The van der Waals surface area contributed by atoms with Gasteiger partial charge < -0.3 is 5.32 Å². The summed E-state index contributed by atoms with van der Waals surface area (Å²) in [7, 11) is 0. The van der Waals surface area contributed by atoms with Crippen LogP contribution in [0.4, 0.5) is 0 Å². The maximum atomic E-state index is 12.0. The summed E-state index contributed by atoms with van der Waals surface area (Å²) in [5, 5.41) is 8.83. The van der Waals surface area contributed by atoms with Gasteiger partial charge in [-0.25, -0.2) is 9.89 Å². The van der Waals surface area contributed by atoms with Crippen molar-refractivity contribution in [1.82, 2.24) is 20.5 Å². The Balaban J connectivity index is 1.94. The standard InChI is InChI=1S/C12H13BrN4O2/c1-7-8(3-2-4-9(7)13)11(18)14-6-5-10-15-12(19)17-16-10/h2-4H,5-6H2,1H3,(H,14,18)(H2,15,16,17,19). The molecule has 1 aromatic carbocycles. The van der Waals surface area contributed by atoms with E-state index in [0.29, 0.717) is 24.4 Å². The first kappa shape index (κ1) is 13.5. The zero-order valence-corrected chi connectivity index (χ0v) is 11.9. The summed E-state index contributed by atoms with van der Waals surface area (Å²) in [6.45, 7) is 2.29. The van der Waals surface area contributed by atoms with Crippen molar-refractivity contribution in [3.63, 3.8) is 0 Å². The van der Waals surface area contributed by atoms with Crippen molar-refractivity contribution in [3.05, 3.63) is 50.1 Å². The van der Waals surface area contributed by atoms with Crippen LogP contribution >= 0.6 is 15.9 Å². The van der Waals surface area contributed by atoms with Crippen molar-refractivity contribution in [2.45, 2.75) is 13.3 Å². The predicted octanol–water partition coefficient (Wildman–Crippen LogP) is 1.14. The van der Waals surface area contributed by atoms with Crippen molar-refractivity contribution in [2.24, 2.45) is 0 Å². The molecule has 3 N–H and O–H groups in total. The number of aromatic amines is 2. The SMILES string of the molecule is Cc1c(Br)cccc1C(=O)NCCc1n[nH]c(=O)[nH]1. The molecule has 0 saturated heterocycles. The number of H-pyrrole nitrogens is 2. The van der Waals surface area contributed by atoms with E-state index in [-0.39, 0.29) is 11.6 Å². The second kappa shape index (κ2) is 5.83. The molecule has 0 aliphatic heterocycles. The molecule has 19 heavy (non-hydrogen) atoms. The van der Waals surface area contributed by atoms with Crippen LogP contribution < -0.4 is 11.0 Å². The second-order valence-electron chi connectivity index (χ2n) is 4.04. The molecule has 0 atom stereocenters. The molecule has 2 aromatic rings. The van der Waals surface area contributed by atoms with Gasteiger partial charge >= 0.3 is 5.69 Å². The van der Waals surface area contributed by atoms with Gasteiger partial charge in [0.2, 0.25) is 0 Å². The number of benzene rings is 1. The third kappa shape index (κ3) is 3.31. The Morgan fingerprint density at radius 3 is 2.95 bits per heavy atom. The lowest BCUT2D eigenvalue weighted by molar-refractivity contribution is 0.0953. The van der Waals surface area contributed by atoms with E-state index in [4.69, 9.17) is 0 Å². The van der Waals surface area contributed by atoms with E-state index >= 15 is 0 Å². The van der Waals surface area contributed by atoms with Gasteiger partial charge in [-0.2, -0.15) is 5.10 Å². The maximum absolute atomic E-state index is 12.0. The van der Waals surface area contributed by atoms with E-state index in [9.17, 15) is 9.59 Å². The minimum absolute atomic E-state index is 0.142. The van der Waals surface area contributed by atoms with Crippen LogP contribution in [-0.2, 0) is 6.42 Å². The Morgan fingerprint density at radius 2 is 2.26 bits per heavy atom. The normalized spacial score (nSPS) is 10.4. The Kier molecular flexibility index (Phi) is 4.16. The quantitative estimate of drug-likeness (QED) is 0.787. The summed E-state index contributed by atoms with van der Waals surface area (Å²) < 4.78 is 0.900. The van der Waals surface area contributed by atoms with Crippen molar-refractivity contribution in [2.75, 3.05) is 6.54 Å². The molecule has 2 rings (SSSR count). The molecule has 0 saturated carbocycles. The van der Waals surface area contributed by atoms with Crippen molar-refractivity contribution < 1.29 is 4.79 Å². The first-order valence-corrected chi connectivity index (χ1v) is 6.54. The molecule has 100 valence electrons. The van der Waals surface area contributed by atoms with Gasteiger partial charge in [0.05, 0.1) is 0 Å². The van der Waals surface area contributed by atoms with E-state index in [1.807, 2.05) is 19.1 Å². The number of nitrogens with zero attached hydrogens (tertiary/aromatic N) is 1. The Labute approximate surface area is 117 Å². The lowest BCUT2D eigenvalue weighted by Crippen LogP contribution is -2.26. The molecule has 1 aromatic heterocycles. The number of carbonyl (C=O) groups is 1. The number of rotatable bonds is 4. The van der Waals surface area contributed by atoms with Gasteiger partial charge in [0, 0.05) is 23.0 Å². The molecule has 7 heteroatoms. The number of carbonyl (C=O) groups excluding carboxylic acids is 1. The Bertz CT molecular complexity index is 647. The summed E-state index contributed by atoms with van der Waals surface area (Å²) in [5.41, 5.74) is 1.18. The van der Waals surface area contributed by atoms with E-state index in [1.54, 1.807) is 6.07 Å². The van der Waals surface area contributed by atoms with Crippen LogP contribution in [0.25, 0.3) is 0 Å². The first-order valence-electron chi connectivity index (χ1n) is 5.75. The monoisotopic (exact) mass is 324 g/mol. The molecule has 0 fully saturated rings. The summed E-state index contributed by atoms with van der Waals surface area (Å²) in [4.78, 5) is 25.3. The van der Waals surface area contributed by atoms with E-state index in [1.165, 1.54) is 0 Å². The molecule has 0 unspecified atom stereocenters. The molecule has 0 spiro atoms. The highest BCUT2D eigenvalue weighted by molar-refractivity contribution is 9.10. The predicted molar refractivity (Wildman–Crippen MR) is 74.1 cm³/mol. The lowest BCUT2D eigenvalue weighted by Gasteiger charge is -2.08. The van der Waals surface area contributed by atoms with E-state index in [0.717, 1.165) is 10.0 Å². The highest BCUT2D eigenvalue weighted by Gasteiger charge is 2.10. The van der Waals surface area contributed by atoms with Crippen LogP contribution in [-0.4, -0.2) is 27.6 Å². The smallest absolute Gasteiger partial charge is 0.340 e. The topological polar surface area (TPSA) is 90.6 Å². The van der Waals surface area contributed by atoms with Crippen molar-refractivity contribution in [1.29, 1.82) is 0 Å². The summed E-state index contributed by atoms with van der Waals surface area (Å²) in [6.07, 6.45) is 0.470. The van der Waals surface area contributed by atoms with Gasteiger partial charge in [0.1, 0.15) is 5.82 Å². The van der Waals surface area contributed by atoms with Crippen molar-refractivity contribution in [3.8, 4) is 0 Å². The molecule has 1 heterocycles. The molecular formula is C12H13BrN4O2. The third-order valence-corrected chi connectivity index (χ3v) is 3.57. The molecule has 6 nitrogen and oxygen atoms in total. The van der Waals surface area contributed by atoms with Gasteiger partial charge in [-0.1, -0.05) is 22.0 Å². The van der Waals surface area contributed by atoms with Gasteiger partial charge in [0.25, 0.3) is 5.91 Å². The molecule has 0 radical (unpaired) electrons. The molecule has 0 aliphatic rings. The number of aromatic nitrogens is 3. The minimum Gasteiger partial charge on any atom is -0.352 e. The Morgan fingerprint density at radius 1 is 1.47 bits per heavy atom. The summed E-state index contributed by atoms with van der Waals surface area (Å²) in [6, 6.07) is 5.48. The van der Waals surface area contributed by atoms with Crippen LogP contribution in [0.3, 0.4) is 0 Å². The van der Waals surface area contributed by atoms with Gasteiger partial charge in [-0.3, -0.25) is 9.78 Å². The largest absolute Gasteiger partial charge is 0.352 e. The third-order valence-electron chi connectivity index (χ3n) is 2.71. The zero-order chi connectivity index (χ0) is 13.8. The number of hydrogen-bond acceptors (Lipinski definition) is 3. The fourth-order valence-corrected chi connectivity index (χ4v) is 2.03. The fraction of sp³-hybridized carbons (Fsp3) is 0.250. The second-order valence-corrected chi connectivity index (χ2v) is 4.90. The maximum Gasteiger partial charge on any atom is 0.340 e. The average Bonchev–Trinajstić information content (AvgIpc) is 2.78. The van der Waals surface area contributed by atoms with Crippen LogP contribution in [0.2, 0.25) is 0 Å². The first-order chi connectivity index (χ1) is 9.08. The van der Waals surface area contributed by atoms with E-state index in [2.05, 4.69) is 36.4 Å². The highest BCUT2D eigenvalue weighted by Crippen LogP contribution is 2.19. The Hall–Kier alpha value is -1.89. The number of hydrogen-bond donors (Lipinski definition) is 3. The molecule has 0 aliphatic carbocycles. The van der Waals surface area contributed by atoms with Gasteiger partial charge in [-0.15, -0.1) is 0 Å². The number of halogens is 1. The summed E-state index contributed by atoms with van der Waals surface area (Å²) >= 11 is 3.39. The average molecular weight is 325 g/mol. The molecule has 1 amide bonds. The molecular weight excluding hydrogens is 312 g/mol. The zero-order valence-electron chi connectivity index (χ0n) is 10.3. The molecule has 0 bridgehead atoms. The fourth-order valence-electron chi connectivity index (χ4n) is 1.67. The van der Waals surface area contributed by atoms with Crippen LogP contribution in [0.1, 0.15) is 21.7 Å². The number of nitrogens with one attached hydrogen (secondary N) is 3. The van der Waals surface area contributed by atoms with E-state index < -0.39 is 0 Å². The summed E-state index contributed by atoms with van der Waals surface area (Å²) in [5.74, 6) is 0.382.